The Morgan fingerprint density at radius 1 is 1.37 bits per heavy atom. The van der Waals surface area contributed by atoms with Gasteiger partial charge in [0.1, 0.15) is 11.4 Å². The molecule has 0 aliphatic heterocycles. The van der Waals surface area contributed by atoms with Gasteiger partial charge in [-0.15, -0.1) is 0 Å². The smallest absolute Gasteiger partial charge is 0.151 e. The van der Waals surface area contributed by atoms with E-state index >= 15 is 0 Å². The normalized spacial score (nSPS) is 11.6. The van der Waals surface area contributed by atoms with Crippen molar-refractivity contribution >= 4 is 15.5 Å². The number of hydrogen-bond donors (Lipinski definition) is 1. The predicted octanol–water partition coefficient (Wildman–Crippen LogP) is 0.357. The lowest BCUT2D eigenvalue weighted by Crippen LogP contribution is -2.14. The van der Waals surface area contributed by atoms with E-state index in [-0.39, 0.29) is 18.1 Å². The molecule has 0 aromatic carbocycles. The second-order valence-electron chi connectivity index (χ2n) is 4.02. The Balaban J connectivity index is 2.18. The minimum absolute atomic E-state index is 0.0462. The molecule has 0 saturated heterocycles. The fraction of sp³-hybridized carbons (Fsp3) is 0.364. The molecule has 2 N–H and O–H groups in total. The molecule has 0 aliphatic carbocycles. The van der Waals surface area contributed by atoms with E-state index < -0.39 is 9.84 Å². The van der Waals surface area contributed by atoms with Crippen LogP contribution in [-0.4, -0.2) is 39.7 Å². The number of aryl methyl sites for hydroxylation is 1. The zero-order valence-corrected chi connectivity index (χ0v) is 11.3. The van der Waals surface area contributed by atoms with Crippen molar-refractivity contribution in [2.45, 2.75) is 13.5 Å². The number of hydrogen-bond acceptors (Lipinski definition) is 6. The summed E-state index contributed by atoms with van der Waals surface area (Å²) in [6, 6.07) is 0. The van der Waals surface area contributed by atoms with Crippen LogP contribution in [0.4, 0.5) is 5.69 Å². The molecular formula is C11H15N5O2S. The monoisotopic (exact) mass is 281 g/mol. The van der Waals surface area contributed by atoms with Gasteiger partial charge in [0.05, 0.1) is 24.2 Å². The van der Waals surface area contributed by atoms with Crippen LogP contribution in [0.3, 0.4) is 0 Å². The van der Waals surface area contributed by atoms with E-state index in [1.807, 2.05) is 0 Å². The van der Waals surface area contributed by atoms with Crippen molar-refractivity contribution in [2.24, 2.45) is 0 Å². The summed E-state index contributed by atoms with van der Waals surface area (Å²) in [7, 11) is -3.02. The average Bonchev–Trinajstić information content (AvgIpc) is 2.79. The Morgan fingerprint density at radius 3 is 2.79 bits per heavy atom. The molecule has 7 nitrogen and oxygen atoms in total. The van der Waals surface area contributed by atoms with Gasteiger partial charge < -0.3 is 5.73 Å². The maximum Gasteiger partial charge on any atom is 0.151 e. The topological polar surface area (TPSA) is 104 Å². The van der Waals surface area contributed by atoms with Crippen molar-refractivity contribution in [1.82, 2.24) is 19.7 Å². The summed E-state index contributed by atoms with van der Waals surface area (Å²) in [4.78, 5) is 8.06. The second-order valence-corrected chi connectivity index (χ2v) is 6.50. The first-order chi connectivity index (χ1) is 9.02. The van der Waals surface area contributed by atoms with Crippen LogP contribution >= 0.6 is 0 Å². The summed E-state index contributed by atoms with van der Waals surface area (Å²) in [6.45, 7) is 1.90. The minimum Gasteiger partial charge on any atom is -0.396 e. The Hall–Kier alpha value is -1.96. The van der Waals surface area contributed by atoms with E-state index in [0.717, 1.165) is 0 Å². The quantitative estimate of drug-likeness (QED) is 0.848. The third kappa shape index (κ3) is 3.28. The van der Waals surface area contributed by atoms with Crippen LogP contribution in [0.15, 0.2) is 24.8 Å². The van der Waals surface area contributed by atoms with Gasteiger partial charge >= 0.3 is 0 Å². The highest BCUT2D eigenvalue weighted by Crippen LogP contribution is 2.20. The molecule has 0 amide bonds. The molecule has 0 unspecified atom stereocenters. The number of rotatable bonds is 5. The van der Waals surface area contributed by atoms with Gasteiger partial charge in [0.15, 0.2) is 9.84 Å². The molecule has 0 spiro atoms. The molecule has 0 radical (unpaired) electrons. The van der Waals surface area contributed by atoms with Gasteiger partial charge in [0, 0.05) is 24.3 Å². The van der Waals surface area contributed by atoms with Gasteiger partial charge in [-0.2, -0.15) is 5.10 Å². The lowest BCUT2D eigenvalue weighted by atomic mass is 10.3. The van der Waals surface area contributed by atoms with Crippen LogP contribution < -0.4 is 5.73 Å². The zero-order chi connectivity index (χ0) is 13.9. The van der Waals surface area contributed by atoms with Gasteiger partial charge in [0.25, 0.3) is 0 Å². The maximum atomic E-state index is 11.4. The molecule has 19 heavy (non-hydrogen) atoms. The average molecular weight is 281 g/mol. The van der Waals surface area contributed by atoms with Crippen LogP contribution in [-0.2, 0) is 16.4 Å². The molecule has 2 aromatic rings. The van der Waals surface area contributed by atoms with Crippen molar-refractivity contribution < 1.29 is 8.42 Å². The molecule has 2 rings (SSSR count). The Labute approximate surface area is 111 Å². The number of anilines is 1. The van der Waals surface area contributed by atoms with Gasteiger partial charge in [-0.3, -0.25) is 14.6 Å². The molecule has 0 saturated carbocycles. The molecule has 0 atom stereocenters. The third-order valence-corrected chi connectivity index (χ3v) is 4.35. The van der Waals surface area contributed by atoms with E-state index in [1.165, 1.54) is 4.68 Å². The zero-order valence-electron chi connectivity index (χ0n) is 10.5. The highest BCUT2D eigenvalue weighted by atomic mass is 32.2. The molecule has 0 fully saturated rings. The first-order valence-corrected chi connectivity index (χ1v) is 7.63. The standard InChI is InChI=1S/C11H15N5O2S/c1-2-19(17,18)6-5-16-8-9(12)11(15-16)10-7-13-3-4-14-10/h3-4,7-8H,2,5-6,12H2,1H3. The molecule has 0 aliphatic rings. The molecule has 2 heterocycles. The summed E-state index contributed by atoms with van der Waals surface area (Å²) in [5.74, 6) is 0.172. The predicted molar refractivity (Wildman–Crippen MR) is 72.0 cm³/mol. The minimum atomic E-state index is -3.02. The van der Waals surface area contributed by atoms with Gasteiger partial charge in [-0.05, 0) is 0 Å². The number of aromatic nitrogens is 4. The lowest BCUT2D eigenvalue weighted by molar-refractivity contribution is 0.582. The van der Waals surface area contributed by atoms with Crippen molar-refractivity contribution in [3.05, 3.63) is 24.8 Å². The van der Waals surface area contributed by atoms with E-state index in [0.29, 0.717) is 17.1 Å². The van der Waals surface area contributed by atoms with E-state index in [4.69, 9.17) is 5.73 Å². The summed E-state index contributed by atoms with van der Waals surface area (Å²) < 4.78 is 24.4. The number of nitrogen functional groups attached to an aromatic ring is 1. The van der Waals surface area contributed by atoms with E-state index in [2.05, 4.69) is 15.1 Å². The van der Waals surface area contributed by atoms with Crippen LogP contribution in [0.1, 0.15) is 6.92 Å². The van der Waals surface area contributed by atoms with Crippen molar-refractivity contribution in [2.75, 3.05) is 17.2 Å². The summed E-state index contributed by atoms with van der Waals surface area (Å²) >= 11 is 0. The third-order valence-electron chi connectivity index (χ3n) is 2.67. The Kier molecular flexibility index (Phi) is 3.79. The first-order valence-electron chi connectivity index (χ1n) is 5.81. The fourth-order valence-corrected chi connectivity index (χ4v) is 2.30. The second kappa shape index (κ2) is 5.35. The number of sulfone groups is 1. The molecule has 8 heteroatoms. The number of nitrogens with zero attached hydrogens (tertiary/aromatic N) is 4. The highest BCUT2D eigenvalue weighted by molar-refractivity contribution is 7.91. The van der Waals surface area contributed by atoms with Crippen LogP contribution in [0.2, 0.25) is 0 Å². The van der Waals surface area contributed by atoms with Crippen LogP contribution in [0, 0.1) is 0 Å². The molecule has 102 valence electrons. The van der Waals surface area contributed by atoms with Gasteiger partial charge in [0.2, 0.25) is 0 Å². The van der Waals surface area contributed by atoms with Crippen LogP contribution in [0.25, 0.3) is 11.4 Å². The highest BCUT2D eigenvalue weighted by Gasteiger charge is 2.12. The van der Waals surface area contributed by atoms with Gasteiger partial charge in [-0.1, -0.05) is 6.92 Å². The number of nitrogens with two attached hydrogens (primary N) is 1. The summed E-state index contributed by atoms with van der Waals surface area (Å²) in [6.07, 6.45) is 6.28. The molecule has 2 aromatic heterocycles. The van der Waals surface area contributed by atoms with Crippen LogP contribution in [0.5, 0.6) is 0 Å². The molecule has 0 bridgehead atoms. The Morgan fingerprint density at radius 2 is 2.16 bits per heavy atom. The van der Waals surface area contributed by atoms with E-state index in [1.54, 1.807) is 31.7 Å². The SMILES string of the molecule is CCS(=O)(=O)CCn1cc(N)c(-c2cnccn2)n1. The van der Waals surface area contributed by atoms with Crippen molar-refractivity contribution in [3.63, 3.8) is 0 Å². The summed E-state index contributed by atoms with van der Waals surface area (Å²) in [5.41, 5.74) is 7.38. The van der Waals surface area contributed by atoms with Crippen molar-refractivity contribution in [3.8, 4) is 11.4 Å². The fourth-order valence-electron chi connectivity index (χ4n) is 1.55. The maximum absolute atomic E-state index is 11.4. The Bertz CT molecular complexity index is 651. The molecular weight excluding hydrogens is 266 g/mol. The van der Waals surface area contributed by atoms with Crippen molar-refractivity contribution in [1.29, 1.82) is 0 Å². The summed E-state index contributed by atoms with van der Waals surface area (Å²) in [5, 5.41) is 4.24. The lowest BCUT2D eigenvalue weighted by Gasteiger charge is -2.01. The van der Waals surface area contributed by atoms with Gasteiger partial charge in [-0.25, -0.2) is 8.42 Å². The van der Waals surface area contributed by atoms with E-state index in [9.17, 15) is 8.42 Å². The largest absolute Gasteiger partial charge is 0.396 e. The first kappa shape index (κ1) is 13.5.